The van der Waals surface area contributed by atoms with Crippen LogP contribution < -0.4 is 14.5 Å². The van der Waals surface area contributed by atoms with Gasteiger partial charge in [0, 0.05) is 18.0 Å². The van der Waals surface area contributed by atoms with Crippen LogP contribution in [0.4, 0.5) is 21.5 Å². The van der Waals surface area contributed by atoms with Crippen LogP contribution in [0.25, 0.3) is 0 Å². The SMILES string of the molecule is COc1ccc2c(c1)N(C)C(=C1SC(=Nc3ccc(C)cc3)N(c3ccc(F)cc3)C1=O)S2. The quantitative estimate of drug-likeness (QED) is 0.413. The van der Waals surface area contributed by atoms with Crippen molar-refractivity contribution in [2.75, 3.05) is 24.0 Å². The molecular weight excluding hydrogens is 457 g/mol. The van der Waals surface area contributed by atoms with Gasteiger partial charge in [-0.05, 0) is 67.2 Å². The van der Waals surface area contributed by atoms with Crippen LogP contribution in [-0.4, -0.2) is 25.2 Å². The highest BCUT2D eigenvalue weighted by atomic mass is 32.2. The van der Waals surface area contributed by atoms with Gasteiger partial charge < -0.3 is 9.64 Å². The molecule has 0 N–H and O–H groups in total. The third-order valence-corrected chi connectivity index (χ3v) is 7.75. The van der Waals surface area contributed by atoms with Gasteiger partial charge >= 0.3 is 0 Å². The second-order valence-electron chi connectivity index (χ2n) is 7.58. The lowest BCUT2D eigenvalue weighted by Gasteiger charge is -2.17. The molecule has 0 unspecified atom stereocenters. The molecule has 3 aromatic rings. The van der Waals surface area contributed by atoms with E-state index in [2.05, 4.69) is 0 Å². The normalized spacial score (nSPS) is 18.9. The molecule has 1 amide bonds. The smallest absolute Gasteiger partial charge is 0.274 e. The standard InChI is InChI=1S/C25H20FN3O2S2/c1-15-4-8-17(9-5-15)27-25-29(18-10-6-16(26)7-11-18)23(30)22(33-25)24-28(2)20-14-19(31-3)12-13-21(20)32-24/h4-14H,1-3H3. The average molecular weight is 478 g/mol. The molecule has 0 bridgehead atoms. The Balaban J connectivity index is 1.59. The van der Waals surface area contributed by atoms with Crippen LogP contribution in [0, 0.1) is 12.7 Å². The summed E-state index contributed by atoms with van der Waals surface area (Å²) in [7, 11) is 3.57. The van der Waals surface area contributed by atoms with Crippen molar-refractivity contribution < 1.29 is 13.9 Å². The summed E-state index contributed by atoms with van der Waals surface area (Å²) in [5, 5.41) is 1.36. The van der Waals surface area contributed by atoms with Crippen molar-refractivity contribution in [3.63, 3.8) is 0 Å². The first kappa shape index (κ1) is 21.6. The van der Waals surface area contributed by atoms with E-state index < -0.39 is 0 Å². The van der Waals surface area contributed by atoms with Crippen molar-refractivity contribution in [1.82, 2.24) is 0 Å². The third-order valence-electron chi connectivity index (χ3n) is 5.36. The van der Waals surface area contributed by atoms with Crippen LogP contribution in [-0.2, 0) is 4.79 Å². The molecule has 2 aliphatic heterocycles. The van der Waals surface area contributed by atoms with E-state index in [4.69, 9.17) is 9.73 Å². The van der Waals surface area contributed by atoms with Gasteiger partial charge in [-0.15, -0.1) is 0 Å². The van der Waals surface area contributed by atoms with Gasteiger partial charge in [-0.3, -0.25) is 9.69 Å². The van der Waals surface area contributed by atoms with E-state index in [1.807, 2.05) is 61.3 Å². The summed E-state index contributed by atoms with van der Waals surface area (Å²) in [6.07, 6.45) is 0. The Morgan fingerprint density at radius 3 is 2.39 bits per heavy atom. The van der Waals surface area contributed by atoms with Crippen molar-refractivity contribution in [1.29, 1.82) is 0 Å². The zero-order valence-corrected chi connectivity index (χ0v) is 19.8. The molecule has 1 saturated heterocycles. The number of aryl methyl sites for hydroxylation is 1. The number of benzene rings is 3. The van der Waals surface area contributed by atoms with Crippen LogP contribution in [0.2, 0.25) is 0 Å². The van der Waals surface area contributed by atoms with Crippen LogP contribution in [0.3, 0.4) is 0 Å². The zero-order chi connectivity index (χ0) is 23.1. The fourth-order valence-electron chi connectivity index (χ4n) is 3.58. The molecule has 2 heterocycles. The molecule has 5 rings (SSSR count). The molecule has 0 aliphatic carbocycles. The maximum atomic E-state index is 13.7. The lowest BCUT2D eigenvalue weighted by atomic mass is 10.2. The summed E-state index contributed by atoms with van der Waals surface area (Å²) < 4.78 is 18.9. The Kier molecular flexibility index (Phi) is 5.64. The van der Waals surface area contributed by atoms with Crippen molar-refractivity contribution in [3.05, 3.63) is 88.0 Å². The summed E-state index contributed by atoms with van der Waals surface area (Å²) in [6.45, 7) is 2.01. The largest absolute Gasteiger partial charge is 0.497 e. The van der Waals surface area contributed by atoms with Crippen molar-refractivity contribution >= 4 is 51.7 Å². The zero-order valence-electron chi connectivity index (χ0n) is 18.2. The number of carbonyl (C=O) groups is 1. The van der Waals surface area contributed by atoms with Gasteiger partial charge in [0.15, 0.2) is 5.17 Å². The summed E-state index contributed by atoms with van der Waals surface area (Å²) in [5.41, 5.74) is 3.42. The van der Waals surface area contributed by atoms with Crippen LogP contribution in [0.15, 0.2) is 86.6 Å². The van der Waals surface area contributed by atoms with E-state index >= 15 is 0 Å². The van der Waals surface area contributed by atoms with Crippen molar-refractivity contribution in [3.8, 4) is 5.75 Å². The molecule has 0 saturated carbocycles. The van der Waals surface area contributed by atoms with Gasteiger partial charge in [0.25, 0.3) is 5.91 Å². The van der Waals surface area contributed by atoms with E-state index in [0.717, 1.165) is 32.6 Å². The van der Waals surface area contributed by atoms with Gasteiger partial charge in [0.2, 0.25) is 0 Å². The molecule has 0 aromatic heterocycles. The fourth-order valence-corrected chi connectivity index (χ4v) is 5.90. The lowest BCUT2D eigenvalue weighted by molar-refractivity contribution is -0.113. The number of hydrogen-bond donors (Lipinski definition) is 0. The summed E-state index contributed by atoms with van der Waals surface area (Å²) >= 11 is 2.87. The Bertz CT molecular complexity index is 1300. The number of aliphatic imine (C=N–C) groups is 1. The molecular formula is C25H20FN3O2S2. The van der Waals surface area contributed by atoms with Crippen LogP contribution in [0.1, 0.15) is 5.56 Å². The van der Waals surface area contributed by atoms with Gasteiger partial charge in [0.1, 0.15) is 16.5 Å². The lowest BCUT2D eigenvalue weighted by Crippen LogP contribution is -2.29. The van der Waals surface area contributed by atoms with E-state index in [9.17, 15) is 9.18 Å². The molecule has 5 nitrogen and oxygen atoms in total. The highest BCUT2D eigenvalue weighted by Crippen LogP contribution is 2.51. The molecule has 0 atom stereocenters. The number of nitrogens with zero attached hydrogens (tertiary/aromatic N) is 3. The highest BCUT2D eigenvalue weighted by Gasteiger charge is 2.40. The average Bonchev–Trinajstić information content (AvgIpc) is 3.31. The van der Waals surface area contributed by atoms with Crippen molar-refractivity contribution in [2.24, 2.45) is 4.99 Å². The minimum Gasteiger partial charge on any atom is -0.497 e. The predicted molar refractivity (Wildman–Crippen MR) is 134 cm³/mol. The van der Waals surface area contributed by atoms with Gasteiger partial charge in [-0.25, -0.2) is 9.38 Å². The Morgan fingerprint density at radius 1 is 0.970 bits per heavy atom. The van der Waals surface area contributed by atoms with Crippen LogP contribution in [0.5, 0.6) is 5.75 Å². The Labute approximate surface area is 200 Å². The molecule has 3 aromatic carbocycles. The minimum absolute atomic E-state index is 0.188. The number of methoxy groups -OCH3 is 1. The maximum Gasteiger partial charge on any atom is 0.274 e. The van der Waals surface area contributed by atoms with E-state index in [-0.39, 0.29) is 11.7 Å². The molecule has 0 spiro atoms. The number of amides is 1. The van der Waals surface area contributed by atoms with E-state index in [0.29, 0.717) is 15.8 Å². The molecule has 1 fully saturated rings. The van der Waals surface area contributed by atoms with E-state index in [1.165, 1.54) is 23.9 Å². The maximum absolute atomic E-state index is 13.7. The number of rotatable bonds is 3. The van der Waals surface area contributed by atoms with Gasteiger partial charge in [0.05, 0.1) is 29.2 Å². The minimum atomic E-state index is -0.357. The molecule has 33 heavy (non-hydrogen) atoms. The van der Waals surface area contributed by atoms with Crippen LogP contribution >= 0.6 is 23.5 Å². The number of hydrogen-bond acceptors (Lipinski definition) is 6. The number of fused-ring (bicyclic) bond motifs is 1. The fraction of sp³-hybridized carbons (Fsp3) is 0.120. The first-order valence-electron chi connectivity index (χ1n) is 10.2. The Morgan fingerprint density at radius 2 is 1.70 bits per heavy atom. The summed E-state index contributed by atoms with van der Waals surface area (Å²) in [4.78, 5) is 23.6. The van der Waals surface area contributed by atoms with Gasteiger partial charge in [-0.2, -0.15) is 0 Å². The first-order chi connectivity index (χ1) is 15.9. The first-order valence-corrected chi connectivity index (χ1v) is 11.8. The summed E-state index contributed by atoms with van der Waals surface area (Å²) in [5.74, 6) is 0.211. The molecule has 8 heteroatoms. The number of thioether (sulfide) groups is 2. The number of carbonyl (C=O) groups excluding carboxylic acids is 1. The summed E-state index contributed by atoms with van der Waals surface area (Å²) in [6, 6.07) is 19.5. The molecule has 166 valence electrons. The second-order valence-corrected chi connectivity index (χ2v) is 9.59. The number of amidine groups is 1. The van der Waals surface area contributed by atoms with Crippen molar-refractivity contribution in [2.45, 2.75) is 11.8 Å². The topological polar surface area (TPSA) is 45.1 Å². The molecule has 0 radical (unpaired) electrons. The number of anilines is 2. The Hall–Kier alpha value is -3.23. The molecule has 2 aliphatic rings. The third kappa shape index (κ3) is 4.00. The second kappa shape index (κ2) is 8.61. The monoisotopic (exact) mass is 477 g/mol. The highest BCUT2D eigenvalue weighted by molar-refractivity contribution is 8.20. The van der Waals surface area contributed by atoms with Gasteiger partial charge in [-0.1, -0.05) is 29.5 Å². The number of ether oxygens (including phenoxy) is 1. The predicted octanol–water partition coefficient (Wildman–Crippen LogP) is 6.32. The van der Waals surface area contributed by atoms with E-state index in [1.54, 1.807) is 35.9 Å². The number of halogens is 1.